The number of carbonyl (C=O) groups is 2. The van der Waals surface area contributed by atoms with Crippen molar-refractivity contribution >= 4 is 20.3 Å². The zero-order valence-corrected chi connectivity index (χ0v) is 25.0. The molecule has 0 saturated carbocycles. The van der Waals surface area contributed by atoms with Crippen molar-refractivity contribution < 1.29 is 37.4 Å². The van der Waals surface area contributed by atoms with Crippen LogP contribution in [0.1, 0.15) is 104 Å². The topological polar surface area (TPSA) is 93.4 Å². The second-order valence-corrected chi connectivity index (χ2v) is 17.6. The molecule has 8 nitrogen and oxygen atoms in total. The molecule has 39 heavy (non-hydrogen) atoms. The number of hydrogen-bond donors (Lipinski definition) is 0. The molecule has 1 fully saturated rings. The van der Waals surface area contributed by atoms with E-state index in [2.05, 4.69) is 39.9 Å². The predicted octanol–water partition coefficient (Wildman–Crippen LogP) is 6.50. The number of rotatable bonds is 6. The van der Waals surface area contributed by atoms with Crippen molar-refractivity contribution in [3.63, 3.8) is 0 Å². The second kappa shape index (κ2) is 8.77. The highest BCUT2D eigenvalue weighted by molar-refractivity contribution is 6.74. The van der Waals surface area contributed by atoms with Crippen LogP contribution in [0, 0.1) is 0 Å². The maximum Gasteiger partial charge on any atom is 0.509 e. The van der Waals surface area contributed by atoms with E-state index in [0.717, 1.165) is 29.5 Å². The summed E-state index contributed by atoms with van der Waals surface area (Å²) in [5.74, 6) is 0.134. The Morgan fingerprint density at radius 3 is 2.59 bits per heavy atom. The Hall–Kier alpha value is -2.46. The van der Waals surface area contributed by atoms with Crippen molar-refractivity contribution in [2.45, 2.75) is 109 Å². The number of ether oxygens (including phenoxy) is 4. The molecule has 0 bridgehead atoms. The first-order chi connectivity index (χ1) is 18.3. The molecule has 1 aromatic carbocycles. The highest BCUT2D eigenvalue weighted by Crippen LogP contribution is 2.58. The molecule has 3 aliphatic carbocycles. The third-order valence-electron chi connectivity index (χ3n) is 9.59. The SMILES string of the molecule is CCOC(C)O[C@@H]1[C@@H]2OC(=O)O[C@@H]2c2coc3c2[C@@]1(C)c1ccc2c(c1C3=O)CCC2O[Si](C)(C)C(C)(C)C. The van der Waals surface area contributed by atoms with E-state index < -0.39 is 44.5 Å². The number of furan rings is 1. The normalized spacial score (nSPS) is 29.7. The van der Waals surface area contributed by atoms with Gasteiger partial charge in [0.2, 0.25) is 5.78 Å². The highest BCUT2D eigenvalue weighted by atomic mass is 28.4. The highest BCUT2D eigenvalue weighted by Gasteiger charge is 2.63. The van der Waals surface area contributed by atoms with Crippen molar-refractivity contribution in [2.24, 2.45) is 0 Å². The molecule has 0 N–H and O–H groups in total. The Morgan fingerprint density at radius 2 is 1.90 bits per heavy atom. The van der Waals surface area contributed by atoms with Gasteiger partial charge in [0.1, 0.15) is 6.10 Å². The largest absolute Gasteiger partial charge is 0.509 e. The third kappa shape index (κ3) is 3.73. The molecule has 6 rings (SSSR count). The van der Waals surface area contributed by atoms with E-state index in [9.17, 15) is 9.59 Å². The molecule has 210 valence electrons. The molecule has 0 amide bonds. The third-order valence-corrected chi connectivity index (χ3v) is 14.1. The van der Waals surface area contributed by atoms with E-state index in [-0.39, 0.29) is 22.7 Å². The average Bonchev–Trinajstić information content (AvgIpc) is 3.56. The van der Waals surface area contributed by atoms with Gasteiger partial charge in [0.25, 0.3) is 0 Å². The molecule has 1 aromatic heterocycles. The summed E-state index contributed by atoms with van der Waals surface area (Å²) in [5.41, 5.74) is 4.14. The number of ketones is 1. The number of hydrogen-bond acceptors (Lipinski definition) is 8. The van der Waals surface area contributed by atoms with E-state index in [1.54, 1.807) is 0 Å². The van der Waals surface area contributed by atoms with Gasteiger partial charge in [-0.25, -0.2) is 4.79 Å². The summed E-state index contributed by atoms with van der Waals surface area (Å²) in [5, 5.41) is 0.0773. The van der Waals surface area contributed by atoms with Crippen LogP contribution in [0.5, 0.6) is 0 Å². The lowest BCUT2D eigenvalue weighted by molar-refractivity contribution is -0.198. The van der Waals surface area contributed by atoms with E-state index in [1.165, 1.54) is 6.26 Å². The van der Waals surface area contributed by atoms with Gasteiger partial charge in [0.15, 0.2) is 32.6 Å². The molecule has 1 aliphatic heterocycles. The minimum Gasteiger partial charge on any atom is -0.460 e. The van der Waals surface area contributed by atoms with E-state index in [4.69, 9.17) is 27.8 Å². The second-order valence-electron chi connectivity index (χ2n) is 12.8. The first-order valence-corrected chi connectivity index (χ1v) is 16.8. The molecule has 9 heteroatoms. The first kappa shape index (κ1) is 26.7. The fraction of sp³-hybridized carbons (Fsp3) is 0.600. The number of benzene rings is 1. The van der Waals surface area contributed by atoms with Gasteiger partial charge in [-0.2, -0.15) is 0 Å². The van der Waals surface area contributed by atoms with Crippen molar-refractivity contribution in [1.82, 2.24) is 0 Å². The lowest BCUT2D eigenvalue weighted by Crippen LogP contribution is -2.56. The first-order valence-electron chi connectivity index (χ1n) is 13.9. The van der Waals surface area contributed by atoms with Gasteiger partial charge in [-0.05, 0) is 68.4 Å². The van der Waals surface area contributed by atoms with Crippen LogP contribution in [0.3, 0.4) is 0 Å². The van der Waals surface area contributed by atoms with Crippen LogP contribution in [0.15, 0.2) is 22.8 Å². The Labute approximate surface area is 230 Å². The van der Waals surface area contributed by atoms with Crippen molar-refractivity contribution in [3.05, 3.63) is 57.5 Å². The lowest BCUT2D eigenvalue weighted by Gasteiger charge is -2.47. The molecule has 4 aliphatic rings. The van der Waals surface area contributed by atoms with Gasteiger partial charge in [-0.15, -0.1) is 0 Å². The Morgan fingerprint density at radius 1 is 1.15 bits per heavy atom. The standard InChI is InChI=1S/C30H38O8Si/c1-9-33-15(2)35-27-26-24(36-28(32)37-26)18-14-34-25-22(18)30(27,6)19-12-10-16-17(21(19)23(25)31)11-13-20(16)38-39(7,8)29(3,4)5/h10,12,14-15,20,24,26-27H,9,11,13H2,1-8H3/t15?,20?,24-,26-,27-,30-/m1/s1. The molecule has 0 spiro atoms. The van der Waals surface area contributed by atoms with Gasteiger partial charge in [0.05, 0.1) is 17.8 Å². The average molecular weight is 555 g/mol. The molecule has 1 saturated heterocycles. The minimum atomic E-state index is -2.03. The van der Waals surface area contributed by atoms with Gasteiger partial charge < -0.3 is 27.8 Å². The lowest BCUT2D eigenvalue weighted by atomic mass is 9.59. The Balaban J connectivity index is 1.50. The summed E-state index contributed by atoms with van der Waals surface area (Å²) in [7, 11) is -2.03. The van der Waals surface area contributed by atoms with Crippen LogP contribution in [0.25, 0.3) is 0 Å². The maximum absolute atomic E-state index is 14.1. The van der Waals surface area contributed by atoms with Crippen LogP contribution < -0.4 is 0 Å². The summed E-state index contributed by atoms with van der Waals surface area (Å²) in [6.45, 7) is 17.5. The Kier molecular flexibility index (Phi) is 6.01. The van der Waals surface area contributed by atoms with E-state index in [1.807, 2.05) is 26.8 Å². The van der Waals surface area contributed by atoms with Crippen LogP contribution in [0.4, 0.5) is 4.79 Å². The van der Waals surface area contributed by atoms with Crippen LogP contribution in [-0.4, -0.2) is 45.4 Å². The summed E-state index contributed by atoms with van der Waals surface area (Å²) in [6, 6.07) is 4.16. The van der Waals surface area contributed by atoms with Crippen molar-refractivity contribution in [1.29, 1.82) is 0 Å². The zero-order chi connectivity index (χ0) is 28.1. The fourth-order valence-corrected chi connectivity index (χ4v) is 8.00. The van der Waals surface area contributed by atoms with Crippen LogP contribution in [-0.2, 0) is 35.2 Å². The fourth-order valence-electron chi connectivity index (χ4n) is 6.69. The summed E-state index contributed by atoms with van der Waals surface area (Å²) >= 11 is 0. The van der Waals surface area contributed by atoms with Gasteiger partial charge in [-0.3, -0.25) is 4.79 Å². The molecule has 2 unspecified atom stereocenters. The maximum atomic E-state index is 14.1. The molecule has 6 atom stereocenters. The van der Waals surface area contributed by atoms with Gasteiger partial charge >= 0.3 is 6.16 Å². The van der Waals surface area contributed by atoms with Crippen LogP contribution >= 0.6 is 0 Å². The van der Waals surface area contributed by atoms with E-state index >= 15 is 0 Å². The minimum absolute atomic E-state index is 0.0506. The quantitative estimate of drug-likeness (QED) is 0.227. The van der Waals surface area contributed by atoms with Crippen molar-refractivity contribution in [3.8, 4) is 0 Å². The zero-order valence-electron chi connectivity index (χ0n) is 24.0. The number of carbonyl (C=O) groups excluding carboxylic acids is 2. The molecule has 2 aromatic rings. The smallest absolute Gasteiger partial charge is 0.460 e. The summed E-state index contributed by atoms with van der Waals surface area (Å²) in [4.78, 5) is 26.5. The van der Waals surface area contributed by atoms with Crippen LogP contribution in [0.2, 0.25) is 18.1 Å². The summed E-state index contributed by atoms with van der Waals surface area (Å²) in [6.07, 6.45) is -0.357. The Bertz CT molecular complexity index is 1350. The molecule has 2 heterocycles. The molecule has 0 radical (unpaired) electrons. The molecular weight excluding hydrogens is 516 g/mol. The molecular formula is C30H38O8Si. The van der Waals surface area contributed by atoms with Crippen molar-refractivity contribution in [2.75, 3.05) is 6.61 Å². The van der Waals surface area contributed by atoms with E-state index in [0.29, 0.717) is 23.3 Å². The monoisotopic (exact) mass is 554 g/mol. The summed E-state index contributed by atoms with van der Waals surface area (Å²) < 4.78 is 36.3. The van der Waals surface area contributed by atoms with Gasteiger partial charge in [0, 0.05) is 23.3 Å². The number of fused-ring (bicyclic) bond motifs is 6. The predicted molar refractivity (Wildman–Crippen MR) is 144 cm³/mol. The van der Waals surface area contributed by atoms with Gasteiger partial charge in [-0.1, -0.05) is 32.9 Å².